The molecular weight excluding hydrogens is 330 g/mol. The molecule has 9 heteroatoms. The van der Waals surface area contributed by atoms with E-state index in [2.05, 4.69) is 10.3 Å². The molecule has 1 atom stereocenters. The standard InChI is InChI=1S/C16H15N3O6/c1-25-14-5-4-12(19(23)24)7-11(14)8-13(16(21)22)18-15(20)10-3-2-6-17-9-10/h2-7,9,13H,8H2,1H3,(H,18,20)(H,21,22)/t13-/m1/s1. The fourth-order valence-electron chi connectivity index (χ4n) is 2.20. The highest BCUT2D eigenvalue weighted by atomic mass is 16.6. The van der Waals surface area contributed by atoms with E-state index >= 15 is 0 Å². The van der Waals surface area contributed by atoms with Crippen LogP contribution in [0.25, 0.3) is 0 Å². The van der Waals surface area contributed by atoms with Gasteiger partial charge in [-0.25, -0.2) is 4.79 Å². The van der Waals surface area contributed by atoms with E-state index in [1.807, 2.05) is 0 Å². The maximum absolute atomic E-state index is 12.1. The molecule has 2 aromatic rings. The van der Waals surface area contributed by atoms with Gasteiger partial charge in [-0.3, -0.25) is 19.9 Å². The Labute approximate surface area is 142 Å². The number of carboxylic acid groups (broad SMARTS) is 1. The number of aliphatic carboxylic acids is 1. The minimum atomic E-state index is -1.29. The number of nitrogens with one attached hydrogen (secondary N) is 1. The van der Waals surface area contributed by atoms with Crippen LogP contribution >= 0.6 is 0 Å². The zero-order valence-corrected chi connectivity index (χ0v) is 13.2. The van der Waals surface area contributed by atoms with Gasteiger partial charge in [0.25, 0.3) is 11.6 Å². The molecule has 0 radical (unpaired) electrons. The molecule has 9 nitrogen and oxygen atoms in total. The highest BCUT2D eigenvalue weighted by molar-refractivity contribution is 5.96. The van der Waals surface area contributed by atoms with Crippen molar-refractivity contribution in [3.8, 4) is 5.75 Å². The van der Waals surface area contributed by atoms with Gasteiger partial charge in [0.15, 0.2) is 0 Å². The number of carbonyl (C=O) groups excluding carboxylic acids is 1. The third kappa shape index (κ3) is 4.50. The van der Waals surface area contributed by atoms with Crippen LogP contribution in [0.2, 0.25) is 0 Å². The van der Waals surface area contributed by atoms with Gasteiger partial charge in [0.2, 0.25) is 0 Å². The molecule has 0 unspecified atom stereocenters. The second-order valence-electron chi connectivity index (χ2n) is 5.06. The Hall–Kier alpha value is -3.49. The summed E-state index contributed by atoms with van der Waals surface area (Å²) in [6.07, 6.45) is 2.62. The molecule has 0 spiro atoms. The Kier molecular flexibility index (Phi) is 5.62. The third-order valence-electron chi connectivity index (χ3n) is 3.43. The molecule has 130 valence electrons. The number of non-ortho nitro benzene ring substituents is 1. The molecule has 0 saturated heterocycles. The predicted octanol–water partition coefficient (Wildman–Crippen LogP) is 1.42. The van der Waals surface area contributed by atoms with Gasteiger partial charge in [0.05, 0.1) is 17.6 Å². The summed E-state index contributed by atoms with van der Waals surface area (Å²) >= 11 is 0. The fraction of sp³-hybridized carbons (Fsp3) is 0.188. The number of hydrogen-bond acceptors (Lipinski definition) is 6. The smallest absolute Gasteiger partial charge is 0.326 e. The van der Waals surface area contributed by atoms with Gasteiger partial charge in [-0.05, 0) is 18.2 Å². The Morgan fingerprint density at radius 1 is 1.40 bits per heavy atom. The van der Waals surface area contributed by atoms with E-state index in [4.69, 9.17) is 4.74 Å². The molecule has 25 heavy (non-hydrogen) atoms. The van der Waals surface area contributed by atoms with Crippen molar-refractivity contribution in [3.63, 3.8) is 0 Å². The number of nitro groups is 1. The quantitative estimate of drug-likeness (QED) is 0.573. The summed E-state index contributed by atoms with van der Waals surface area (Å²) in [4.78, 5) is 37.7. The number of carboxylic acids is 1. The Bertz CT molecular complexity index is 794. The van der Waals surface area contributed by atoms with Gasteiger partial charge in [-0.15, -0.1) is 0 Å². The molecule has 2 rings (SSSR count). The molecule has 0 aliphatic carbocycles. The van der Waals surface area contributed by atoms with E-state index in [1.165, 1.54) is 43.8 Å². The van der Waals surface area contributed by atoms with Crippen molar-refractivity contribution >= 4 is 17.6 Å². The molecule has 0 aliphatic rings. The lowest BCUT2D eigenvalue weighted by atomic mass is 10.0. The number of amides is 1. The number of nitrogens with zero attached hydrogens (tertiary/aromatic N) is 2. The summed E-state index contributed by atoms with van der Waals surface area (Å²) < 4.78 is 5.11. The highest BCUT2D eigenvalue weighted by Gasteiger charge is 2.24. The average molecular weight is 345 g/mol. The maximum Gasteiger partial charge on any atom is 0.326 e. The van der Waals surface area contributed by atoms with Crippen molar-refractivity contribution in [2.75, 3.05) is 7.11 Å². The van der Waals surface area contributed by atoms with Crippen LogP contribution in [0, 0.1) is 10.1 Å². The third-order valence-corrected chi connectivity index (χ3v) is 3.43. The number of methoxy groups -OCH3 is 1. The summed E-state index contributed by atoms with van der Waals surface area (Å²) in [5.74, 6) is -1.58. The Morgan fingerprint density at radius 2 is 2.16 bits per heavy atom. The molecule has 0 bridgehead atoms. The second kappa shape index (κ2) is 7.86. The van der Waals surface area contributed by atoms with Crippen LogP contribution in [-0.2, 0) is 11.2 Å². The first-order chi connectivity index (χ1) is 11.9. The van der Waals surface area contributed by atoms with Gasteiger partial charge in [-0.1, -0.05) is 0 Å². The highest BCUT2D eigenvalue weighted by Crippen LogP contribution is 2.25. The van der Waals surface area contributed by atoms with Crippen molar-refractivity contribution < 1.29 is 24.4 Å². The minimum Gasteiger partial charge on any atom is -0.496 e. The zero-order valence-electron chi connectivity index (χ0n) is 13.2. The molecule has 1 amide bonds. The molecule has 0 fully saturated rings. The predicted molar refractivity (Wildman–Crippen MR) is 86.5 cm³/mol. The van der Waals surface area contributed by atoms with Crippen LogP contribution in [0.5, 0.6) is 5.75 Å². The van der Waals surface area contributed by atoms with E-state index in [0.29, 0.717) is 11.3 Å². The molecule has 0 aliphatic heterocycles. The van der Waals surface area contributed by atoms with Gasteiger partial charge in [-0.2, -0.15) is 0 Å². The first-order valence-electron chi connectivity index (χ1n) is 7.17. The molecule has 2 N–H and O–H groups in total. The maximum atomic E-state index is 12.1. The van der Waals surface area contributed by atoms with Gasteiger partial charge >= 0.3 is 5.97 Å². The van der Waals surface area contributed by atoms with Crippen LogP contribution in [0.3, 0.4) is 0 Å². The van der Waals surface area contributed by atoms with Crippen LogP contribution in [0.1, 0.15) is 15.9 Å². The lowest BCUT2D eigenvalue weighted by Crippen LogP contribution is -2.42. The van der Waals surface area contributed by atoms with Crippen LogP contribution in [0.15, 0.2) is 42.7 Å². The Balaban J connectivity index is 2.24. The van der Waals surface area contributed by atoms with Gasteiger partial charge in [0.1, 0.15) is 11.8 Å². The number of pyridine rings is 1. The lowest BCUT2D eigenvalue weighted by Gasteiger charge is -2.16. The normalized spacial score (nSPS) is 11.4. The summed E-state index contributed by atoms with van der Waals surface area (Å²) in [6.45, 7) is 0. The summed E-state index contributed by atoms with van der Waals surface area (Å²) in [7, 11) is 1.37. The molecule has 1 heterocycles. The number of rotatable bonds is 7. The number of hydrogen-bond donors (Lipinski definition) is 2. The van der Waals surface area contributed by atoms with Crippen molar-refractivity contribution in [1.82, 2.24) is 10.3 Å². The van der Waals surface area contributed by atoms with E-state index in [0.717, 1.165) is 0 Å². The summed E-state index contributed by atoms with van der Waals surface area (Å²) in [5.41, 5.74) is 0.314. The number of carbonyl (C=O) groups is 2. The van der Waals surface area contributed by atoms with Crippen molar-refractivity contribution in [1.29, 1.82) is 0 Å². The number of nitro benzene ring substituents is 1. The number of aromatic nitrogens is 1. The van der Waals surface area contributed by atoms with Crippen molar-refractivity contribution in [2.45, 2.75) is 12.5 Å². The summed E-state index contributed by atoms with van der Waals surface area (Å²) in [6, 6.07) is 5.62. The first kappa shape index (κ1) is 17.9. The molecule has 1 aromatic heterocycles. The number of ether oxygens (including phenoxy) is 1. The van der Waals surface area contributed by atoms with Crippen molar-refractivity contribution in [2.24, 2.45) is 0 Å². The van der Waals surface area contributed by atoms with Crippen LogP contribution in [-0.4, -0.2) is 40.0 Å². The van der Waals surface area contributed by atoms with Gasteiger partial charge < -0.3 is 15.2 Å². The fourth-order valence-corrected chi connectivity index (χ4v) is 2.20. The minimum absolute atomic E-state index is 0.174. The largest absolute Gasteiger partial charge is 0.496 e. The second-order valence-corrected chi connectivity index (χ2v) is 5.06. The zero-order chi connectivity index (χ0) is 18.4. The molecule has 1 aromatic carbocycles. The SMILES string of the molecule is COc1ccc([N+](=O)[O-])cc1C[C@@H](NC(=O)c1cccnc1)C(=O)O. The van der Waals surface area contributed by atoms with E-state index in [-0.39, 0.29) is 17.7 Å². The first-order valence-corrected chi connectivity index (χ1v) is 7.17. The average Bonchev–Trinajstić information content (AvgIpc) is 2.61. The Morgan fingerprint density at radius 3 is 2.72 bits per heavy atom. The topological polar surface area (TPSA) is 132 Å². The van der Waals surface area contributed by atoms with Crippen molar-refractivity contribution in [3.05, 3.63) is 64.0 Å². The lowest BCUT2D eigenvalue weighted by molar-refractivity contribution is -0.384. The molecule has 0 saturated carbocycles. The molecular formula is C16H15N3O6. The van der Waals surface area contributed by atoms with Crippen LogP contribution < -0.4 is 10.1 Å². The number of benzene rings is 1. The van der Waals surface area contributed by atoms with E-state index in [9.17, 15) is 24.8 Å². The van der Waals surface area contributed by atoms with Crippen LogP contribution in [0.4, 0.5) is 5.69 Å². The van der Waals surface area contributed by atoms with Gasteiger partial charge in [0, 0.05) is 36.5 Å². The summed E-state index contributed by atoms with van der Waals surface area (Å²) in [5, 5.41) is 22.7. The van der Waals surface area contributed by atoms with E-state index < -0.39 is 22.8 Å². The monoisotopic (exact) mass is 345 g/mol. The van der Waals surface area contributed by atoms with E-state index in [1.54, 1.807) is 6.07 Å².